The first-order chi connectivity index (χ1) is 8.97. The Labute approximate surface area is 119 Å². The molecule has 1 N–H and O–H groups in total. The van der Waals surface area contributed by atoms with Crippen LogP contribution in [0.25, 0.3) is 0 Å². The summed E-state index contributed by atoms with van der Waals surface area (Å²) < 4.78 is 5.86. The molecule has 19 heavy (non-hydrogen) atoms. The molecule has 2 rings (SSSR count). The van der Waals surface area contributed by atoms with Gasteiger partial charge in [-0.2, -0.15) is 0 Å². The summed E-state index contributed by atoms with van der Waals surface area (Å²) in [6.45, 7) is 11.2. The fourth-order valence-electron chi connectivity index (χ4n) is 3.68. The minimum Gasteiger partial charge on any atom is -0.374 e. The van der Waals surface area contributed by atoms with Crippen LogP contribution in [0.3, 0.4) is 0 Å². The topological polar surface area (TPSA) is 24.5 Å². The molecule has 3 atom stereocenters. The van der Waals surface area contributed by atoms with Gasteiger partial charge in [0, 0.05) is 25.7 Å². The molecule has 1 saturated carbocycles. The number of nitrogens with zero attached hydrogens (tertiary/aromatic N) is 1. The van der Waals surface area contributed by atoms with Gasteiger partial charge in [0.05, 0.1) is 12.7 Å². The number of hydrogen-bond acceptors (Lipinski definition) is 3. The second-order valence-electron chi connectivity index (χ2n) is 7.53. The zero-order valence-corrected chi connectivity index (χ0v) is 13.2. The number of hydrogen-bond donors (Lipinski definition) is 1. The van der Waals surface area contributed by atoms with E-state index in [4.69, 9.17) is 4.74 Å². The van der Waals surface area contributed by atoms with Crippen molar-refractivity contribution in [2.24, 2.45) is 11.3 Å². The molecular formula is C16H32N2O. The van der Waals surface area contributed by atoms with Crippen LogP contribution in [-0.2, 0) is 4.74 Å². The number of morpholine rings is 1. The summed E-state index contributed by atoms with van der Waals surface area (Å²) in [5, 5.41) is 3.82. The van der Waals surface area contributed by atoms with E-state index in [2.05, 4.69) is 38.0 Å². The van der Waals surface area contributed by atoms with Crippen molar-refractivity contribution in [1.82, 2.24) is 10.2 Å². The Hall–Kier alpha value is -0.120. The number of likely N-dealkylation sites (N-methyl/N-ethyl adjacent to an activating group) is 1. The minimum absolute atomic E-state index is 0.376. The predicted molar refractivity (Wildman–Crippen MR) is 80.4 cm³/mol. The van der Waals surface area contributed by atoms with Crippen LogP contribution in [0.5, 0.6) is 0 Å². The van der Waals surface area contributed by atoms with E-state index in [1.54, 1.807) is 0 Å². The van der Waals surface area contributed by atoms with Gasteiger partial charge in [-0.25, -0.2) is 0 Å². The van der Waals surface area contributed by atoms with E-state index in [0.717, 1.165) is 32.2 Å². The molecule has 3 nitrogen and oxygen atoms in total. The molecular weight excluding hydrogens is 236 g/mol. The molecule has 1 aliphatic carbocycles. The molecule has 1 saturated heterocycles. The molecule has 3 unspecified atom stereocenters. The van der Waals surface area contributed by atoms with Crippen LogP contribution >= 0.6 is 0 Å². The van der Waals surface area contributed by atoms with Gasteiger partial charge in [-0.05, 0) is 31.2 Å². The van der Waals surface area contributed by atoms with Crippen LogP contribution in [0.1, 0.15) is 46.5 Å². The van der Waals surface area contributed by atoms with Gasteiger partial charge in [0.25, 0.3) is 0 Å². The second kappa shape index (κ2) is 6.55. The van der Waals surface area contributed by atoms with Gasteiger partial charge in [-0.1, -0.05) is 33.6 Å². The lowest BCUT2D eigenvalue weighted by molar-refractivity contribution is -0.0223. The summed E-state index contributed by atoms with van der Waals surface area (Å²) in [5.74, 6) is 0.808. The van der Waals surface area contributed by atoms with Crippen molar-refractivity contribution in [3.63, 3.8) is 0 Å². The highest BCUT2D eigenvalue weighted by molar-refractivity contribution is 4.89. The Balaban J connectivity index is 1.82. The molecule has 112 valence electrons. The summed E-state index contributed by atoms with van der Waals surface area (Å²) >= 11 is 0. The van der Waals surface area contributed by atoms with E-state index < -0.39 is 0 Å². The summed E-state index contributed by atoms with van der Waals surface area (Å²) in [6, 6.07) is 0.685. The monoisotopic (exact) mass is 268 g/mol. The summed E-state index contributed by atoms with van der Waals surface area (Å²) in [4.78, 5) is 2.37. The predicted octanol–water partition coefficient (Wildman–Crippen LogP) is 2.51. The van der Waals surface area contributed by atoms with Crippen LogP contribution < -0.4 is 5.32 Å². The largest absolute Gasteiger partial charge is 0.374 e. The van der Waals surface area contributed by atoms with Gasteiger partial charge in [-0.15, -0.1) is 0 Å². The van der Waals surface area contributed by atoms with Crippen LogP contribution in [0.4, 0.5) is 0 Å². The number of nitrogens with one attached hydrogen (secondary N) is 1. The van der Waals surface area contributed by atoms with Gasteiger partial charge < -0.3 is 15.0 Å². The smallest absolute Gasteiger partial charge is 0.0826 e. The lowest BCUT2D eigenvalue weighted by atomic mass is 9.69. The maximum atomic E-state index is 5.86. The average Bonchev–Trinajstić information content (AvgIpc) is 2.36. The van der Waals surface area contributed by atoms with Crippen LogP contribution in [0.2, 0.25) is 0 Å². The molecule has 0 spiro atoms. The van der Waals surface area contributed by atoms with Gasteiger partial charge >= 0.3 is 0 Å². The van der Waals surface area contributed by atoms with Gasteiger partial charge in [0.15, 0.2) is 0 Å². The normalized spacial score (nSPS) is 34.4. The number of rotatable bonds is 3. The molecule has 0 bridgehead atoms. The summed E-state index contributed by atoms with van der Waals surface area (Å²) in [6.07, 6.45) is 5.89. The van der Waals surface area contributed by atoms with E-state index in [1.807, 2.05) is 0 Å². The third-order valence-electron chi connectivity index (χ3n) is 4.83. The standard InChI is InChI=1S/C16H32N2O/c1-16(2,3)14-7-5-6-8-15(14)17-11-13-12-18(4)9-10-19-13/h13-15,17H,5-12H2,1-4H3. The third kappa shape index (κ3) is 4.44. The van der Waals surface area contributed by atoms with Crippen molar-refractivity contribution in [2.75, 3.05) is 33.3 Å². The molecule has 2 aliphatic rings. The van der Waals surface area contributed by atoms with E-state index in [-0.39, 0.29) is 0 Å². The average molecular weight is 268 g/mol. The quantitative estimate of drug-likeness (QED) is 0.851. The van der Waals surface area contributed by atoms with Crippen LogP contribution in [0, 0.1) is 11.3 Å². The molecule has 1 aliphatic heterocycles. The van der Waals surface area contributed by atoms with E-state index in [1.165, 1.54) is 25.7 Å². The lowest BCUT2D eigenvalue weighted by Gasteiger charge is -2.42. The summed E-state index contributed by atoms with van der Waals surface area (Å²) in [5.41, 5.74) is 0.419. The first-order valence-electron chi connectivity index (χ1n) is 8.00. The molecule has 0 aromatic heterocycles. The van der Waals surface area contributed by atoms with Gasteiger partial charge in [0.2, 0.25) is 0 Å². The Morgan fingerprint density at radius 3 is 2.63 bits per heavy atom. The highest BCUT2D eigenvalue weighted by atomic mass is 16.5. The molecule has 3 heteroatoms. The van der Waals surface area contributed by atoms with Crippen molar-refractivity contribution in [2.45, 2.75) is 58.6 Å². The van der Waals surface area contributed by atoms with Crippen molar-refractivity contribution in [1.29, 1.82) is 0 Å². The molecule has 0 radical (unpaired) electrons. The fraction of sp³-hybridized carbons (Fsp3) is 1.00. The Bertz CT molecular complexity index is 274. The molecule has 0 amide bonds. The first kappa shape index (κ1) is 15.3. The highest BCUT2D eigenvalue weighted by Crippen LogP contribution is 2.37. The lowest BCUT2D eigenvalue weighted by Crippen LogP contribution is -2.50. The van der Waals surface area contributed by atoms with Crippen molar-refractivity contribution in [3.05, 3.63) is 0 Å². The van der Waals surface area contributed by atoms with Gasteiger partial charge in [0.1, 0.15) is 0 Å². The highest BCUT2D eigenvalue weighted by Gasteiger charge is 2.34. The fourth-order valence-corrected chi connectivity index (χ4v) is 3.68. The molecule has 2 fully saturated rings. The zero-order valence-electron chi connectivity index (χ0n) is 13.2. The Kier molecular flexibility index (Phi) is 5.27. The zero-order chi connectivity index (χ0) is 13.9. The van der Waals surface area contributed by atoms with E-state index in [9.17, 15) is 0 Å². The maximum Gasteiger partial charge on any atom is 0.0826 e. The third-order valence-corrected chi connectivity index (χ3v) is 4.83. The van der Waals surface area contributed by atoms with Crippen molar-refractivity contribution < 1.29 is 4.74 Å². The number of ether oxygens (including phenoxy) is 1. The van der Waals surface area contributed by atoms with Crippen molar-refractivity contribution >= 4 is 0 Å². The first-order valence-corrected chi connectivity index (χ1v) is 8.00. The second-order valence-corrected chi connectivity index (χ2v) is 7.53. The Morgan fingerprint density at radius 1 is 1.21 bits per heavy atom. The molecule has 1 heterocycles. The van der Waals surface area contributed by atoms with Crippen LogP contribution in [0.15, 0.2) is 0 Å². The SMILES string of the molecule is CN1CCOC(CNC2CCCCC2C(C)(C)C)C1. The Morgan fingerprint density at radius 2 is 1.95 bits per heavy atom. The van der Waals surface area contributed by atoms with Gasteiger partial charge in [-0.3, -0.25) is 0 Å². The molecule has 0 aromatic rings. The maximum absolute atomic E-state index is 5.86. The van der Waals surface area contributed by atoms with Crippen LogP contribution in [-0.4, -0.2) is 50.3 Å². The summed E-state index contributed by atoms with van der Waals surface area (Å²) in [7, 11) is 2.19. The van der Waals surface area contributed by atoms with E-state index >= 15 is 0 Å². The van der Waals surface area contributed by atoms with Crippen molar-refractivity contribution in [3.8, 4) is 0 Å². The molecule has 0 aromatic carbocycles. The van der Waals surface area contributed by atoms with E-state index in [0.29, 0.717) is 17.6 Å². The minimum atomic E-state index is 0.376.